The molecule has 0 aliphatic carbocycles. The summed E-state index contributed by atoms with van der Waals surface area (Å²) >= 11 is 0. The average Bonchev–Trinajstić information content (AvgIpc) is 2.94. The zero-order valence-electron chi connectivity index (χ0n) is 11.3. The van der Waals surface area contributed by atoms with Gasteiger partial charge in [0.05, 0.1) is 16.6 Å². The van der Waals surface area contributed by atoms with Gasteiger partial charge in [0.1, 0.15) is 0 Å². The normalized spacial score (nSPS) is 19.8. The molecule has 1 aliphatic rings. The molecule has 6 nitrogen and oxygen atoms in total. The summed E-state index contributed by atoms with van der Waals surface area (Å²) in [6.45, 7) is 1.55. The molecule has 3 rings (SSSR count). The van der Waals surface area contributed by atoms with Crippen LogP contribution in [0.1, 0.15) is 23.2 Å². The minimum absolute atomic E-state index is 0.168. The highest BCUT2D eigenvalue weighted by molar-refractivity contribution is 6.01. The lowest BCUT2D eigenvalue weighted by atomic mass is 10.1. The molecule has 20 heavy (non-hydrogen) atoms. The van der Waals surface area contributed by atoms with E-state index < -0.39 is 5.97 Å². The summed E-state index contributed by atoms with van der Waals surface area (Å²) in [5.41, 5.74) is 0.997. The number of carboxylic acids is 1. The number of aromatic carboxylic acids is 1. The van der Waals surface area contributed by atoms with Gasteiger partial charge in [-0.15, -0.1) is 0 Å². The van der Waals surface area contributed by atoms with Gasteiger partial charge < -0.3 is 15.0 Å². The minimum Gasteiger partial charge on any atom is -0.478 e. The lowest BCUT2D eigenvalue weighted by Crippen LogP contribution is -2.33. The summed E-state index contributed by atoms with van der Waals surface area (Å²) < 4.78 is 1.56. The van der Waals surface area contributed by atoms with Crippen LogP contribution in [0.4, 0.5) is 0 Å². The number of aromatic amines is 1. The number of imidazole rings is 1. The Morgan fingerprint density at radius 3 is 2.95 bits per heavy atom. The first-order valence-electron chi connectivity index (χ1n) is 6.73. The molecule has 1 aliphatic heterocycles. The molecule has 6 heteroatoms. The molecule has 2 heterocycles. The van der Waals surface area contributed by atoms with Crippen LogP contribution in [-0.4, -0.2) is 45.2 Å². The molecule has 1 fully saturated rings. The van der Waals surface area contributed by atoms with Gasteiger partial charge in [-0.3, -0.25) is 4.57 Å². The van der Waals surface area contributed by atoms with Gasteiger partial charge in [0, 0.05) is 12.6 Å². The van der Waals surface area contributed by atoms with E-state index in [2.05, 4.69) is 9.88 Å². The number of carbonyl (C=O) groups is 1. The second-order valence-corrected chi connectivity index (χ2v) is 5.32. The van der Waals surface area contributed by atoms with Crippen LogP contribution in [0.2, 0.25) is 0 Å². The molecule has 1 atom stereocenters. The van der Waals surface area contributed by atoms with Crippen LogP contribution < -0.4 is 5.69 Å². The number of hydrogen-bond donors (Lipinski definition) is 2. The quantitative estimate of drug-likeness (QED) is 0.880. The van der Waals surface area contributed by atoms with Crippen LogP contribution in [0.5, 0.6) is 0 Å². The van der Waals surface area contributed by atoms with Gasteiger partial charge in [-0.05, 0) is 38.6 Å². The summed E-state index contributed by atoms with van der Waals surface area (Å²) in [5, 5.41) is 9.29. The fourth-order valence-corrected chi connectivity index (χ4v) is 2.99. The van der Waals surface area contributed by atoms with Crippen LogP contribution in [0.25, 0.3) is 11.0 Å². The van der Waals surface area contributed by atoms with Crippen molar-refractivity contribution in [2.75, 3.05) is 13.6 Å². The summed E-state index contributed by atoms with van der Waals surface area (Å²) in [4.78, 5) is 28.4. The summed E-state index contributed by atoms with van der Waals surface area (Å²) in [7, 11) is 2.04. The molecule has 2 N–H and O–H groups in total. The van der Waals surface area contributed by atoms with E-state index in [4.69, 9.17) is 0 Å². The Morgan fingerprint density at radius 2 is 2.30 bits per heavy atom. The number of H-pyrrole nitrogens is 1. The molecule has 1 saturated heterocycles. The summed E-state index contributed by atoms with van der Waals surface area (Å²) in [5.74, 6) is -1.01. The number of nitrogens with one attached hydrogen (secondary N) is 1. The number of rotatable bonds is 3. The first-order chi connectivity index (χ1) is 9.58. The monoisotopic (exact) mass is 275 g/mol. The predicted molar refractivity (Wildman–Crippen MR) is 75.2 cm³/mol. The lowest BCUT2D eigenvalue weighted by molar-refractivity contribution is 0.0698. The number of fused-ring (bicyclic) bond motifs is 1. The van der Waals surface area contributed by atoms with Gasteiger partial charge >= 0.3 is 11.7 Å². The van der Waals surface area contributed by atoms with Gasteiger partial charge in [-0.2, -0.15) is 0 Å². The zero-order valence-corrected chi connectivity index (χ0v) is 11.3. The van der Waals surface area contributed by atoms with Crippen LogP contribution in [-0.2, 0) is 6.54 Å². The Labute approximate surface area is 115 Å². The van der Waals surface area contributed by atoms with Gasteiger partial charge in [-0.1, -0.05) is 6.07 Å². The van der Waals surface area contributed by atoms with Crippen molar-refractivity contribution in [2.45, 2.75) is 25.4 Å². The number of carboxylic acid groups (broad SMARTS) is 1. The maximum Gasteiger partial charge on any atom is 0.337 e. The Bertz CT molecular complexity index is 716. The molecule has 0 amide bonds. The van der Waals surface area contributed by atoms with Crippen molar-refractivity contribution in [3.8, 4) is 0 Å². The molecule has 2 aromatic rings. The number of benzene rings is 1. The van der Waals surface area contributed by atoms with Gasteiger partial charge in [-0.25, -0.2) is 9.59 Å². The summed E-state index contributed by atoms with van der Waals surface area (Å²) in [6.07, 6.45) is 2.15. The molecule has 1 aromatic carbocycles. The van der Waals surface area contributed by atoms with Crippen LogP contribution in [0.15, 0.2) is 23.0 Å². The highest BCUT2D eigenvalue weighted by Gasteiger charge is 2.24. The van der Waals surface area contributed by atoms with E-state index in [1.165, 1.54) is 6.07 Å². The second kappa shape index (κ2) is 4.79. The predicted octanol–water partition coefficient (Wildman–Crippen LogP) is 1.12. The number of para-hydroxylation sites is 1. The largest absolute Gasteiger partial charge is 0.478 e. The Balaban J connectivity index is 2.12. The fourth-order valence-electron chi connectivity index (χ4n) is 2.99. The SMILES string of the molecule is CN1CCCC1Cn1c(=O)[nH]c2cccc(C(=O)O)c21. The van der Waals surface area contributed by atoms with E-state index in [9.17, 15) is 14.7 Å². The molecule has 1 unspecified atom stereocenters. The lowest BCUT2D eigenvalue weighted by Gasteiger charge is -2.19. The van der Waals surface area contributed by atoms with Crippen molar-refractivity contribution in [3.63, 3.8) is 0 Å². The average molecular weight is 275 g/mol. The molecule has 0 saturated carbocycles. The number of likely N-dealkylation sites (N-methyl/N-ethyl adjacent to an activating group) is 1. The maximum atomic E-state index is 12.1. The number of likely N-dealkylation sites (tertiary alicyclic amines) is 1. The highest BCUT2D eigenvalue weighted by Crippen LogP contribution is 2.20. The molecule has 0 radical (unpaired) electrons. The third-order valence-electron chi connectivity index (χ3n) is 4.09. The van der Waals surface area contributed by atoms with Gasteiger partial charge in [0.25, 0.3) is 0 Å². The van der Waals surface area contributed by atoms with Crippen molar-refractivity contribution in [2.24, 2.45) is 0 Å². The van der Waals surface area contributed by atoms with E-state index in [0.29, 0.717) is 17.6 Å². The number of aromatic nitrogens is 2. The van der Waals surface area contributed by atoms with Crippen LogP contribution >= 0.6 is 0 Å². The summed E-state index contributed by atoms with van der Waals surface area (Å²) in [6, 6.07) is 5.20. The third-order valence-corrected chi connectivity index (χ3v) is 4.09. The van der Waals surface area contributed by atoms with Gasteiger partial charge in [0.2, 0.25) is 0 Å². The number of hydrogen-bond acceptors (Lipinski definition) is 3. The fraction of sp³-hybridized carbons (Fsp3) is 0.429. The Hall–Kier alpha value is -2.08. The molecule has 106 valence electrons. The zero-order chi connectivity index (χ0) is 14.3. The van der Waals surface area contributed by atoms with E-state index >= 15 is 0 Å². The molecule has 0 spiro atoms. The van der Waals surface area contributed by atoms with Crippen LogP contribution in [0.3, 0.4) is 0 Å². The van der Waals surface area contributed by atoms with E-state index in [1.54, 1.807) is 16.7 Å². The van der Waals surface area contributed by atoms with E-state index in [-0.39, 0.29) is 17.3 Å². The highest BCUT2D eigenvalue weighted by atomic mass is 16.4. The van der Waals surface area contributed by atoms with Crippen LogP contribution in [0, 0.1) is 0 Å². The minimum atomic E-state index is -1.01. The topological polar surface area (TPSA) is 78.3 Å². The number of nitrogens with zero attached hydrogens (tertiary/aromatic N) is 2. The van der Waals surface area contributed by atoms with Crippen molar-refractivity contribution in [1.82, 2.24) is 14.5 Å². The first kappa shape index (κ1) is 12.9. The molecule has 1 aromatic heterocycles. The first-order valence-corrected chi connectivity index (χ1v) is 6.73. The van der Waals surface area contributed by atoms with Crippen molar-refractivity contribution < 1.29 is 9.90 Å². The molecular formula is C14H17N3O3. The third kappa shape index (κ3) is 2.02. The van der Waals surface area contributed by atoms with Crippen molar-refractivity contribution >= 4 is 17.0 Å². The Kier molecular flexibility index (Phi) is 3.10. The smallest absolute Gasteiger partial charge is 0.337 e. The molecule has 0 bridgehead atoms. The van der Waals surface area contributed by atoms with Gasteiger partial charge in [0.15, 0.2) is 0 Å². The van der Waals surface area contributed by atoms with E-state index in [0.717, 1.165) is 19.4 Å². The van der Waals surface area contributed by atoms with Crippen molar-refractivity contribution in [1.29, 1.82) is 0 Å². The van der Waals surface area contributed by atoms with Crippen molar-refractivity contribution in [3.05, 3.63) is 34.2 Å². The second-order valence-electron chi connectivity index (χ2n) is 5.32. The molecular weight excluding hydrogens is 258 g/mol. The maximum absolute atomic E-state index is 12.1. The standard InChI is InChI=1S/C14H17N3O3/c1-16-7-3-4-9(16)8-17-12-10(13(18)19)5-2-6-11(12)15-14(17)20/h2,5-6,9H,3-4,7-8H2,1H3,(H,15,20)(H,18,19). The van der Waals surface area contributed by atoms with E-state index in [1.807, 2.05) is 7.05 Å². The Morgan fingerprint density at radius 1 is 1.50 bits per heavy atom.